The Morgan fingerprint density at radius 1 is 0.778 bits per heavy atom. The Kier molecular flexibility index (Phi) is 7.61. The maximum absolute atomic E-state index is 2.18. The van der Waals surface area contributed by atoms with Crippen molar-refractivity contribution < 1.29 is 50.7 Å². The van der Waals surface area contributed by atoms with E-state index in [9.17, 15) is 0 Å². The molecule has 0 aliphatic carbocycles. The Morgan fingerprint density at radius 3 is 2.22 bits per heavy atom. The van der Waals surface area contributed by atoms with E-state index in [4.69, 9.17) is 0 Å². The molecular weight excluding hydrogens is 430 g/mol. The molecule has 0 heterocycles. The van der Waals surface area contributed by atoms with Crippen LogP contribution in [-0.4, -0.2) is 0 Å². The predicted octanol–water partition coefficient (Wildman–Crippen LogP) is -1.77. The molecule has 3 aromatic rings. The number of hydrogen-bond donors (Lipinski definition) is 0. The molecule has 3 rings (SSSR count). The minimum Gasteiger partial charge on any atom is -1.00 e. The number of fused-ring (bicyclic) bond motifs is 1. The van der Waals surface area contributed by atoms with Crippen LogP contribution in [0.15, 0.2) is 66.7 Å². The predicted molar refractivity (Wildman–Crippen MR) is 65.0 cm³/mol. The maximum Gasteiger partial charge on any atom is 0 e. The summed E-state index contributed by atoms with van der Waals surface area (Å²) in [6.45, 7) is 0. The fourth-order valence-corrected chi connectivity index (χ4v) is 2.03. The first-order chi connectivity index (χ1) is 7.45. The van der Waals surface area contributed by atoms with Crippen molar-refractivity contribution in [2.45, 2.75) is 0 Å². The summed E-state index contributed by atoms with van der Waals surface area (Å²) in [5.41, 5.74) is 2.62. The summed E-state index contributed by atoms with van der Waals surface area (Å²) >= 11 is 0. The second kappa shape index (κ2) is 7.83. The summed E-state index contributed by atoms with van der Waals surface area (Å²) in [6.07, 6.45) is 0. The van der Waals surface area contributed by atoms with E-state index in [0.717, 1.165) is 0 Å². The van der Waals surface area contributed by atoms with Crippen LogP contribution in [-0.2, 0) is 25.8 Å². The largest absolute Gasteiger partial charge is 1.00 e. The molecule has 0 spiro atoms. The van der Waals surface area contributed by atoms with Gasteiger partial charge in [0.05, 0.1) is 0 Å². The SMILES string of the molecule is [Cl-].[Cl-].[Hf].c1ccc2c(-c3cc[cH-]c3)cccc2c1. The fraction of sp³-hybridized carbons (Fsp3) is 0. The Morgan fingerprint density at radius 2 is 1.50 bits per heavy atom. The molecule has 0 bridgehead atoms. The average Bonchev–Trinajstić information content (AvgIpc) is 2.82. The van der Waals surface area contributed by atoms with Crippen molar-refractivity contribution in [1.82, 2.24) is 0 Å². The molecule has 3 heteroatoms. The first-order valence-electron chi connectivity index (χ1n) is 5.15. The quantitative estimate of drug-likeness (QED) is 0.311. The van der Waals surface area contributed by atoms with Gasteiger partial charge in [-0.2, -0.15) is 23.8 Å². The van der Waals surface area contributed by atoms with Crippen LogP contribution < -0.4 is 24.8 Å². The summed E-state index contributed by atoms with van der Waals surface area (Å²) in [4.78, 5) is 0. The maximum atomic E-state index is 2.18. The van der Waals surface area contributed by atoms with Crippen LogP contribution in [0.5, 0.6) is 0 Å². The standard InChI is InChI=1S/C15H11.2ClH.Hf/c1-2-7-12(6-1)15-11-5-9-13-8-3-4-10-14(13)15;;;/h1-11H;2*1H;/q-1;;;/p-2. The molecule has 0 saturated heterocycles. The zero-order valence-electron chi connectivity index (χ0n) is 9.61. The Labute approximate surface area is 138 Å². The smallest absolute Gasteiger partial charge is 0 e. The van der Waals surface area contributed by atoms with Gasteiger partial charge in [0.15, 0.2) is 0 Å². The summed E-state index contributed by atoms with van der Waals surface area (Å²) in [5.74, 6) is 0. The monoisotopic (exact) mass is 441 g/mol. The summed E-state index contributed by atoms with van der Waals surface area (Å²) in [5, 5.41) is 2.63. The summed E-state index contributed by atoms with van der Waals surface area (Å²) < 4.78 is 0. The Balaban J connectivity index is 0.000000963. The number of halogens is 2. The van der Waals surface area contributed by atoms with Crippen molar-refractivity contribution in [3.8, 4) is 11.1 Å². The third kappa shape index (κ3) is 3.28. The molecule has 0 saturated carbocycles. The van der Waals surface area contributed by atoms with Crippen LogP contribution in [0.3, 0.4) is 0 Å². The molecule has 0 amide bonds. The molecule has 92 valence electrons. The molecule has 0 fully saturated rings. The molecule has 0 radical (unpaired) electrons. The van der Waals surface area contributed by atoms with Crippen molar-refractivity contribution in [1.29, 1.82) is 0 Å². The topological polar surface area (TPSA) is 0 Å². The molecule has 0 unspecified atom stereocenters. The van der Waals surface area contributed by atoms with E-state index in [1.165, 1.54) is 21.9 Å². The number of rotatable bonds is 1. The van der Waals surface area contributed by atoms with Crippen LogP contribution >= 0.6 is 0 Å². The molecule has 0 aliphatic rings. The van der Waals surface area contributed by atoms with Gasteiger partial charge in [-0.25, -0.2) is 6.07 Å². The molecule has 0 atom stereocenters. The van der Waals surface area contributed by atoms with E-state index in [1.54, 1.807) is 0 Å². The normalized spacial score (nSPS) is 8.89. The third-order valence-electron chi connectivity index (χ3n) is 2.76. The van der Waals surface area contributed by atoms with Gasteiger partial charge in [0, 0.05) is 25.8 Å². The van der Waals surface area contributed by atoms with Crippen LogP contribution in [0.4, 0.5) is 0 Å². The first kappa shape index (κ1) is 17.5. The van der Waals surface area contributed by atoms with Gasteiger partial charge in [0.1, 0.15) is 0 Å². The van der Waals surface area contributed by atoms with E-state index in [1.807, 2.05) is 0 Å². The molecule has 18 heavy (non-hydrogen) atoms. The van der Waals surface area contributed by atoms with Crippen molar-refractivity contribution >= 4 is 10.8 Å². The first-order valence-corrected chi connectivity index (χ1v) is 5.15. The molecule has 0 N–H and O–H groups in total. The van der Waals surface area contributed by atoms with E-state index in [0.29, 0.717) is 0 Å². The van der Waals surface area contributed by atoms with Crippen LogP contribution in [0.2, 0.25) is 0 Å². The molecule has 0 aromatic heterocycles. The van der Waals surface area contributed by atoms with Crippen molar-refractivity contribution in [2.75, 3.05) is 0 Å². The van der Waals surface area contributed by atoms with E-state index < -0.39 is 0 Å². The van der Waals surface area contributed by atoms with Gasteiger partial charge in [-0.3, -0.25) is 0 Å². The van der Waals surface area contributed by atoms with Gasteiger partial charge in [-0.1, -0.05) is 48.0 Å². The molecule has 0 aliphatic heterocycles. The van der Waals surface area contributed by atoms with Crippen LogP contribution in [0, 0.1) is 0 Å². The number of benzene rings is 2. The van der Waals surface area contributed by atoms with Crippen molar-refractivity contribution in [3.63, 3.8) is 0 Å². The van der Waals surface area contributed by atoms with Gasteiger partial charge >= 0.3 is 0 Å². The third-order valence-corrected chi connectivity index (χ3v) is 2.76. The van der Waals surface area contributed by atoms with Gasteiger partial charge in [0.25, 0.3) is 0 Å². The Hall–Kier alpha value is -0.500. The van der Waals surface area contributed by atoms with Crippen LogP contribution in [0.25, 0.3) is 21.9 Å². The summed E-state index contributed by atoms with van der Waals surface area (Å²) in [6, 6.07) is 23.4. The minimum absolute atomic E-state index is 0. The van der Waals surface area contributed by atoms with Crippen molar-refractivity contribution in [3.05, 3.63) is 66.7 Å². The van der Waals surface area contributed by atoms with Gasteiger partial charge in [0.2, 0.25) is 0 Å². The van der Waals surface area contributed by atoms with E-state index in [-0.39, 0.29) is 50.7 Å². The second-order valence-corrected chi connectivity index (χ2v) is 3.70. The zero-order valence-corrected chi connectivity index (χ0v) is 14.7. The molecule has 0 nitrogen and oxygen atoms in total. The van der Waals surface area contributed by atoms with Crippen molar-refractivity contribution in [2.24, 2.45) is 0 Å². The Bertz CT molecular complexity index is 583. The zero-order chi connectivity index (χ0) is 10.1. The second-order valence-electron chi connectivity index (χ2n) is 3.70. The number of hydrogen-bond acceptors (Lipinski definition) is 0. The fourth-order valence-electron chi connectivity index (χ4n) is 2.03. The molecular formula is C15H11Cl2Hf-3. The average molecular weight is 441 g/mol. The molecule has 3 aromatic carbocycles. The van der Waals surface area contributed by atoms with E-state index in [2.05, 4.69) is 66.7 Å². The van der Waals surface area contributed by atoms with Gasteiger partial charge in [-0.05, 0) is 10.8 Å². The van der Waals surface area contributed by atoms with E-state index >= 15 is 0 Å². The van der Waals surface area contributed by atoms with Crippen LogP contribution in [0.1, 0.15) is 0 Å². The van der Waals surface area contributed by atoms with Gasteiger partial charge < -0.3 is 24.8 Å². The summed E-state index contributed by atoms with van der Waals surface area (Å²) in [7, 11) is 0. The minimum atomic E-state index is 0. The van der Waals surface area contributed by atoms with Gasteiger partial charge in [-0.15, -0.1) is 0 Å².